The van der Waals surface area contributed by atoms with E-state index in [4.69, 9.17) is 11.6 Å². The molecule has 0 amide bonds. The van der Waals surface area contributed by atoms with Gasteiger partial charge in [0.15, 0.2) is 0 Å². The van der Waals surface area contributed by atoms with Crippen LogP contribution < -0.4 is 5.32 Å². The molecule has 100 valence electrons. The molecule has 1 N–H and O–H groups in total. The summed E-state index contributed by atoms with van der Waals surface area (Å²) < 4.78 is 14.4. The highest BCUT2D eigenvalue weighted by Gasteiger charge is 2.15. The number of hydrogen-bond donors (Lipinski definition) is 1. The van der Waals surface area contributed by atoms with Crippen LogP contribution in [0.2, 0.25) is 4.34 Å². The van der Waals surface area contributed by atoms with Gasteiger partial charge < -0.3 is 5.32 Å². The fourth-order valence-corrected chi connectivity index (χ4v) is 3.20. The van der Waals surface area contributed by atoms with Crippen molar-refractivity contribution in [3.63, 3.8) is 0 Å². The van der Waals surface area contributed by atoms with E-state index in [1.54, 1.807) is 0 Å². The van der Waals surface area contributed by atoms with Crippen molar-refractivity contribution in [3.05, 3.63) is 53.9 Å². The molecule has 1 aromatic carbocycles. The van der Waals surface area contributed by atoms with Crippen LogP contribution in [0.1, 0.15) is 4.88 Å². The van der Waals surface area contributed by atoms with Gasteiger partial charge in [-0.3, -0.25) is 10.1 Å². The van der Waals surface area contributed by atoms with Gasteiger partial charge in [-0.05, 0) is 34.1 Å². The summed E-state index contributed by atoms with van der Waals surface area (Å²) in [5.74, 6) is -0.640. The van der Waals surface area contributed by atoms with Crippen molar-refractivity contribution < 1.29 is 9.31 Å². The van der Waals surface area contributed by atoms with Crippen molar-refractivity contribution in [1.29, 1.82) is 0 Å². The van der Waals surface area contributed by atoms with E-state index in [0.717, 1.165) is 15.4 Å². The van der Waals surface area contributed by atoms with Crippen LogP contribution in [0, 0.1) is 15.9 Å². The molecule has 0 fully saturated rings. The fraction of sp³-hybridized carbons (Fsp3) is 0.0909. The van der Waals surface area contributed by atoms with Gasteiger partial charge in [0.2, 0.25) is 0 Å². The van der Waals surface area contributed by atoms with Gasteiger partial charge in [-0.1, -0.05) is 11.6 Å². The first-order valence-corrected chi connectivity index (χ1v) is 7.07. The van der Waals surface area contributed by atoms with Crippen molar-refractivity contribution in [2.45, 2.75) is 6.54 Å². The highest BCUT2D eigenvalue weighted by Crippen LogP contribution is 2.33. The highest BCUT2D eigenvalue weighted by molar-refractivity contribution is 9.10. The molecule has 0 saturated heterocycles. The molecule has 2 rings (SSSR count). The lowest BCUT2D eigenvalue weighted by Crippen LogP contribution is -2.01. The van der Waals surface area contributed by atoms with Crippen molar-refractivity contribution in [3.8, 4) is 0 Å². The van der Waals surface area contributed by atoms with Gasteiger partial charge in [0.1, 0.15) is 15.8 Å². The van der Waals surface area contributed by atoms with Crippen molar-refractivity contribution in [2.75, 3.05) is 5.32 Å². The summed E-state index contributed by atoms with van der Waals surface area (Å²) in [5.41, 5.74) is -0.0197. The normalized spacial score (nSPS) is 10.5. The number of halogens is 3. The van der Waals surface area contributed by atoms with Crippen LogP contribution in [-0.4, -0.2) is 4.92 Å². The minimum atomic E-state index is -0.640. The van der Waals surface area contributed by atoms with Gasteiger partial charge >= 0.3 is 0 Å². The van der Waals surface area contributed by atoms with Crippen LogP contribution in [0.3, 0.4) is 0 Å². The largest absolute Gasteiger partial charge is 0.375 e. The Morgan fingerprint density at radius 1 is 1.47 bits per heavy atom. The molecule has 0 bridgehead atoms. The summed E-state index contributed by atoms with van der Waals surface area (Å²) in [6.07, 6.45) is 0. The van der Waals surface area contributed by atoms with E-state index < -0.39 is 10.7 Å². The topological polar surface area (TPSA) is 55.2 Å². The molecule has 4 nitrogen and oxygen atoms in total. The number of anilines is 1. The van der Waals surface area contributed by atoms with E-state index in [1.807, 2.05) is 6.07 Å². The van der Waals surface area contributed by atoms with Crippen LogP contribution in [0.4, 0.5) is 15.8 Å². The Labute approximate surface area is 125 Å². The molecule has 0 aliphatic carbocycles. The second kappa shape index (κ2) is 5.85. The Balaban J connectivity index is 2.17. The zero-order chi connectivity index (χ0) is 14.0. The van der Waals surface area contributed by atoms with E-state index in [0.29, 0.717) is 10.9 Å². The third-order valence-electron chi connectivity index (χ3n) is 2.31. The number of nitrogens with one attached hydrogen (secondary N) is 1. The van der Waals surface area contributed by atoms with Crippen molar-refractivity contribution >= 4 is 50.2 Å². The first-order chi connectivity index (χ1) is 8.97. The van der Waals surface area contributed by atoms with E-state index in [1.165, 1.54) is 23.5 Å². The third-order valence-corrected chi connectivity index (χ3v) is 4.78. The minimum absolute atomic E-state index is 0.270. The van der Waals surface area contributed by atoms with E-state index in [9.17, 15) is 14.5 Å². The molecule has 1 heterocycles. The first-order valence-electron chi connectivity index (χ1n) is 5.09. The summed E-state index contributed by atoms with van der Waals surface area (Å²) >= 11 is 10.5. The van der Waals surface area contributed by atoms with Crippen molar-refractivity contribution in [2.24, 2.45) is 0 Å². The lowest BCUT2D eigenvalue weighted by Gasteiger charge is -2.05. The number of nitro groups is 1. The molecule has 0 unspecified atom stereocenters. The van der Waals surface area contributed by atoms with Crippen LogP contribution >= 0.6 is 38.9 Å². The zero-order valence-electron chi connectivity index (χ0n) is 9.32. The SMILES string of the molecule is O=[N+]([O-])c1cc(F)ccc1NCc1cc(Br)c(Cl)s1. The van der Waals surface area contributed by atoms with E-state index >= 15 is 0 Å². The van der Waals surface area contributed by atoms with Gasteiger partial charge in [-0.2, -0.15) is 0 Å². The number of rotatable bonds is 4. The summed E-state index contributed by atoms with van der Waals surface area (Å²) in [5, 5.41) is 13.7. The molecule has 0 aliphatic heterocycles. The van der Waals surface area contributed by atoms with Crippen molar-refractivity contribution in [1.82, 2.24) is 0 Å². The van der Waals surface area contributed by atoms with E-state index in [2.05, 4.69) is 21.2 Å². The molecule has 0 aliphatic rings. The van der Waals surface area contributed by atoms with Gasteiger partial charge in [-0.15, -0.1) is 11.3 Å². The fourth-order valence-electron chi connectivity index (χ4n) is 1.47. The molecule has 1 aromatic heterocycles. The third kappa shape index (κ3) is 3.43. The molecular formula is C11H7BrClFN2O2S. The maximum atomic E-state index is 13.0. The first kappa shape index (κ1) is 14.2. The molecule has 0 radical (unpaired) electrons. The summed E-state index contributed by atoms with van der Waals surface area (Å²) in [4.78, 5) is 11.1. The Morgan fingerprint density at radius 2 is 2.21 bits per heavy atom. The van der Waals surface area contributed by atoms with Gasteiger partial charge in [0.05, 0.1) is 11.0 Å². The number of hydrogen-bond acceptors (Lipinski definition) is 4. The zero-order valence-corrected chi connectivity index (χ0v) is 12.5. The average Bonchev–Trinajstić information content (AvgIpc) is 2.67. The minimum Gasteiger partial charge on any atom is -0.375 e. The molecule has 0 atom stereocenters. The monoisotopic (exact) mass is 364 g/mol. The highest BCUT2D eigenvalue weighted by atomic mass is 79.9. The maximum absolute atomic E-state index is 13.0. The Hall–Kier alpha value is -1.18. The lowest BCUT2D eigenvalue weighted by atomic mass is 10.2. The number of nitro benzene ring substituents is 1. The quantitative estimate of drug-likeness (QED) is 0.624. The van der Waals surface area contributed by atoms with Gasteiger partial charge in [-0.25, -0.2) is 4.39 Å². The Kier molecular flexibility index (Phi) is 4.38. The predicted octanol–water partition coefficient (Wildman–Crippen LogP) is 4.82. The van der Waals surface area contributed by atoms with Crippen LogP contribution in [0.15, 0.2) is 28.7 Å². The number of nitrogens with zero attached hydrogens (tertiary/aromatic N) is 1. The Bertz CT molecular complexity index is 616. The van der Waals surface area contributed by atoms with Crippen LogP contribution in [0.25, 0.3) is 0 Å². The molecule has 8 heteroatoms. The van der Waals surface area contributed by atoms with Gasteiger partial charge in [0, 0.05) is 15.9 Å². The summed E-state index contributed by atoms with van der Waals surface area (Å²) in [6.45, 7) is 0.377. The molecular weight excluding hydrogens is 359 g/mol. The van der Waals surface area contributed by atoms with Gasteiger partial charge in [0.25, 0.3) is 5.69 Å². The molecule has 2 aromatic rings. The standard InChI is InChI=1S/C11H7BrClFN2O2S/c12-8-4-7(19-11(8)13)5-15-9-2-1-6(14)3-10(9)16(17)18/h1-4,15H,5H2. The second-order valence-corrected chi connectivity index (χ2v) is 6.20. The molecule has 0 saturated carbocycles. The predicted molar refractivity (Wildman–Crippen MR) is 77.4 cm³/mol. The summed E-state index contributed by atoms with van der Waals surface area (Å²) in [7, 11) is 0. The smallest absolute Gasteiger partial charge is 0.295 e. The molecule has 0 spiro atoms. The molecule has 19 heavy (non-hydrogen) atoms. The number of benzene rings is 1. The van der Waals surface area contributed by atoms with Crippen LogP contribution in [-0.2, 0) is 6.54 Å². The average molecular weight is 366 g/mol. The Morgan fingerprint density at radius 3 is 2.79 bits per heavy atom. The number of thiophene rings is 1. The van der Waals surface area contributed by atoms with E-state index in [-0.39, 0.29) is 11.4 Å². The summed E-state index contributed by atoms with van der Waals surface area (Å²) in [6, 6.07) is 5.24. The van der Waals surface area contributed by atoms with Crippen LogP contribution in [0.5, 0.6) is 0 Å². The maximum Gasteiger partial charge on any atom is 0.295 e. The lowest BCUT2D eigenvalue weighted by molar-refractivity contribution is -0.384. The second-order valence-electron chi connectivity index (χ2n) is 3.61.